The van der Waals surface area contributed by atoms with Gasteiger partial charge in [0.1, 0.15) is 10.6 Å². The Hall–Kier alpha value is -3.03. The second-order valence-electron chi connectivity index (χ2n) is 7.05. The monoisotopic (exact) mass is 458 g/mol. The van der Waals surface area contributed by atoms with Gasteiger partial charge in [0.15, 0.2) is 0 Å². The molecule has 0 aromatic heterocycles. The highest BCUT2D eigenvalue weighted by atomic mass is 35.5. The fourth-order valence-corrected chi connectivity index (χ4v) is 4.65. The van der Waals surface area contributed by atoms with Crippen LogP contribution in [0.3, 0.4) is 0 Å². The number of anilines is 1. The van der Waals surface area contributed by atoms with Gasteiger partial charge in [-0.05, 0) is 50.2 Å². The first-order valence-corrected chi connectivity index (χ1v) is 11.4. The lowest BCUT2D eigenvalue weighted by Crippen LogP contribution is -2.27. The number of methoxy groups -OCH3 is 1. The van der Waals surface area contributed by atoms with Gasteiger partial charge in [0, 0.05) is 16.8 Å². The zero-order valence-corrected chi connectivity index (χ0v) is 18.9. The normalized spacial score (nSPS) is 12.1. The van der Waals surface area contributed by atoms with E-state index in [-0.39, 0.29) is 21.5 Å². The molecule has 3 aromatic rings. The van der Waals surface area contributed by atoms with Crippen LogP contribution in [0.15, 0.2) is 71.6 Å². The van der Waals surface area contributed by atoms with Crippen molar-refractivity contribution in [3.05, 3.63) is 88.4 Å². The van der Waals surface area contributed by atoms with Gasteiger partial charge in [-0.3, -0.25) is 9.52 Å². The van der Waals surface area contributed by atoms with Crippen molar-refractivity contribution in [2.45, 2.75) is 24.8 Å². The molecule has 0 aliphatic rings. The van der Waals surface area contributed by atoms with Crippen LogP contribution in [0.1, 0.15) is 34.5 Å². The number of aryl methyl sites for hydroxylation is 1. The Morgan fingerprint density at radius 3 is 2.39 bits per heavy atom. The Morgan fingerprint density at radius 1 is 1.03 bits per heavy atom. The molecule has 31 heavy (non-hydrogen) atoms. The summed E-state index contributed by atoms with van der Waals surface area (Å²) in [7, 11) is -2.43. The maximum atomic E-state index is 12.9. The molecule has 0 fully saturated rings. The standard InChI is InChI=1S/C23H23ClN2O4S/c1-15-8-11-18(12-9-15)26-31(28,29)22-14-17(10-13-20(22)24)23(27)25-16(2)19-6-4-5-7-21(19)30-3/h4-14,16,26H,1-3H3,(H,25,27)/t16-/m1/s1. The molecule has 3 rings (SSSR count). The van der Waals surface area contributed by atoms with Crippen molar-refractivity contribution in [3.8, 4) is 5.75 Å². The van der Waals surface area contributed by atoms with Crippen LogP contribution in [0.2, 0.25) is 5.02 Å². The van der Waals surface area contributed by atoms with Crippen LogP contribution in [0.4, 0.5) is 5.69 Å². The van der Waals surface area contributed by atoms with E-state index in [0.717, 1.165) is 11.1 Å². The molecular formula is C23H23ClN2O4S. The predicted molar refractivity (Wildman–Crippen MR) is 122 cm³/mol. The largest absolute Gasteiger partial charge is 0.496 e. The molecule has 0 unspecified atom stereocenters. The zero-order valence-electron chi connectivity index (χ0n) is 17.3. The van der Waals surface area contributed by atoms with Gasteiger partial charge in [0.05, 0.1) is 18.2 Å². The molecule has 0 saturated carbocycles. The number of hydrogen-bond acceptors (Lipinski definition) is 4. The molecule has 6 nitrogen and oxygen atoms in total. The number of nitrogens with one attached hydrogen (secondary N) is 2. The molecule has 3 aromatic carbocycles. The second kappa shape index (κ2) is 9.41. The van der Waals surface area contributed by atoms with Gasteiger partial charge in [0.25, 0.3) is 15.9 Å². The minimum absolute atomic E-state index is 0.0222. The topological polar surface area (TPSA) is 84.5 Å². The molecule has 0 aliphatic carbocycles. The molecule has 1 atom stereocenters. The number of carbonyl (C=O) groups excluding carboxylic acids is 1. The molecular weight excluding hydrogens is 436 g/mol. The summed E-state index contributed by atoms with van der Waals surface area (Å²) in [6.07, 6.45) is 0. The van der Waals surface area contributed by atoms with Crippen LogP contribution in [0.5, 0.6) is 5.75 Å². The Kier molecular flexibility index (Phi) is 6.87. The van der Waals surface area contributed by atoms with Crippen LogP contribution in [-0.4, -0.2) is 21.4 Å². The fourth-order valence-electron chi connectivity index (χ4n) is 3.06. The number of ether oxygens (including phenoxy) is 1. The van der Waals surface area contributed by atoms with Crippen LogP contribution < -0.4 is 14.8 Å². The van der Waals surface area contributed by atoms with E-state index in [0.29, 0.717) is 11.4 Å². The molecule has 2 N–H and O–H groups in total. The first kappa shape index (κ1) is 22.7. The number of amides is 1. The lowest BCUT2D eigenvalue weighted by molar-refractivity contribution is 0.0939. The average Bonchev–Trinajstić information content (AvgIpc) is 2.75. The molecule has 0 aliphatic heterocycles. The summed E-state index contributed by atoms with van der Waals surface area (Å²) in [5.74, 6) is 0.221. The maximum Gasteiger partial charge on any atom is 0.263 e. The predicted octanol–water partition coefficient (Wildman–Crippen LogP) is 4.95. The molecule has 0 saturated heterocycles. The highest BCUT2D eigenvalue weighted by Gasteiger charge is 2.22. The van der Waals surface area contributed by atoms with E-state index < -0.39 is 15.9 Å². The van der Waals surface area contributed by atoms with E-state index in [1.165, 1.54) is 18.2 Å². The lowest BCUT2D eigenvalue weighted by atomic mass is 10.1. The highest BCUT2D eigenvalue weighted by Crippen LogP contribution is 2.27. The summed E-state index contributed by atoms with van der Waals surface area (Å²) in [5.41, 5.74) is 2.39. The maximum absolute atomic E-state index is 12.9. The van der Waals surface area contributed by atoms with Crippen molar-refractivity contribution in [3.63, 3.8) is 0 Å². The summed E-state index contributed by atoms with van der Waals surface area (Å²) in [4.78, 5) is 12.6. The van der Waals surface area contributed by atoms with E-state index >= 15 is 0 Å². The van der Waals surface area contributed by atoms with Crippen LogP contribution in [-0.2, 0) is 10.0 Å². The minimum Gasteiger partial charge on any atom is -0.496 e. The molecule has 0 spiro atoms. The number of hydrogen-bond donors (Lipinski definition) is 2. The summed E-state index contributed by atoms with van der Waals surface area (Å²) in [6, 6.07) is 18.1. The lowest BCUT2D eigenvalue weighted by Gasteiger charge is -2.18. The number of sulfonamides is 1. The summed E-state index contributed by atoms with van der Waals surface area (Å²) in [6.45, 7) is 3.73. The fraction of sp³-hybridized carbons (Fsp3) is 0.174. The van der Waals surface area contributed by atoms with Gasteiger partial charge < -0.3 is 10.1 Å². The molecule has 1 amide bonds. The molecule has 162 valence electrons. The summed E-state index contributed by atoms with van der Waals surface area (Å²) < 4.78 is 33.6. The zero-order chi connectivity index (χ0) is 22.6. The Morgan fingerprint density at radius 2 is 1.71 bits per heavy atom. The number of halogens is 1. The van der Waals surface area contributed by atoms with Gasteiger partial charge in [-0.1, -0.05) is 47.5 Å². The number of para-hydroxylation sites is 1. The van der Waals surface area contributed by atoms with Gasteiger partial charge in [-0.15, -0.1) is 0 Å². The van der Waals surface area contributed by atoms with Crippen LogP contribution in [0.25, 0.3) is 0 Å². The van der Waals surface area contributed by atoms with E-state index in [2.05, 4.69) is 10.0 Å². The van der Waals surface area contributed by atoms with Crippen molar-refractivity contribution in [1.82, 2.24) is 5.32 Å². The molecule has 0 heterocycles. The molecule has 0 radical (unpaired) electrons. The van der Waals surface area contributed by atoms with Crippen LogP contribution in [0, 0.1) is 6.92 Å². The van der Waals surface area contributed by atoms with Crippen molar-refractivity contribution >= 4 is 33.2 Å². The highest BCUT2D eigenvalue weighted by molar-refractivity contribution is 7.92. The number of benzene rings is 3. The van der Waals surface area contributed by atoms with Crippen LogP contribution >= 0.6 is 11.6 Å². The minimum atomic E-state index is -3.99. The van der Waals surface area contributed by atoms with E-state index in [9.17, 15) is 13.2 Å². The SMILES string of the molecule is COc1ccccc1[C@@H](C)NC(=O)c1ccc(Cl)c(S(=O)(=O)Nc2ccc(C)cc2)c1. The smallest absolute Gasteiger partial charge is 0.263 e. The third-order valence-corrected chi connectivity index (χ3v) is 6.60. The molecule has 0 bridgehead atoms. The van der Waals surface area contributed by atoms with Gasteiger partial charge >= 0.3 is 0 Å². The number of carbonyl (C=O) groups is 1. The van der Waals surface area contributed by atoms with Crippen molar-refractivity contribution in [2.75, 3.05) is 11.8 Å². The first-order valence-electron chi connectivity index (χ1n) is 9.54. The van der Waals surface area contributed by atoms with Gasteiger partial charge in [-0.2, -0.15) is 0 Å². The second-order valence-corrected chi connectivity index (χ2v) is 9.11. The summed E-state index contributed by atoms with van der Waals surface area (Å²) >= 11 is 6.15. The van der Waals surface area contributed by atoms with Crippen molar-refractivity contribution in [1.29, 1.82) is 0 Å². The van der Waals surface area contributed by atoms with E-state index in [1.54, 1.807) is 31.4 Å². The third-order valence-electron chi connectivity index (χ3n) is 4.74. The van der Waals surface area contributed by atoms with E-state index in [1.807, 2.05) is 38.1 Å². The van der Waals surface area contributed by atoms with Gasteiger partial charge in [-0.25, -0.2) is 8.42 Å². The Bertz CT molecular complexity index is 1190. The van der Waals surface area contributed by atoms with Crippen molar-refractivity contribution < 1.29 is 17.9 Å². The number of rotatable bonds is 7. The molecule has 8 heteroatoms. The summed E-state index contributed by atoms with van der Waals surface area (Å²) in [5, 5.41) is 2.89. The van der Waals surface area contributed by atoms with E-state index in [4.69, 9.17) is 16.3 Å². The average molecular weight is 459 g/mol. The Labute approximate surface area is 187 Å². The first-order chi connectivity index (χ1) is 14.7. The third kappa shape index (κ3) is 5.37. The van der Waals surface area contributed by atoms with Crippen molar-refractivity contribution in [2.24, 2.45) is 0 Å². The quantitative estimate of drug-likeness (QED) is 0.524. The van der Waals surface area contributed by atoms with Gasteiger partial charge in [0.2, 0.25) is 0 Å². The Balaban J connectivity index is 1.84.